The van der Waals surface area contributed by atoms with Crippen molar-refractivity contribution in [2.45, 2.75) is 24.9 Å². The van der Waals surface area contributed by atoms with E-state index < -0.39 is 6.04 Å². The molecule has 0 bridgehead atoms. The quantitative estimate of drug-likeness (QED) is 0.622. The fourth-order valence-electron chi connectivity index (χ4n) is 4.38. The van der Waals surface area contributed by atoms with Gasteiger partial charge in [-0.15, -0.1) is 0 Å². The molecule has 2 aromatic carbocycles. The topological polar surface area (TPSA) is 91.4 Å². The standard InChI is InChI=1S/C25H21ClN4O3/c26-18-6-3-15(4-7-18)16-5-8-21-20(12-16)25(33)30-11-9-19(13-22(30)24(32)29-21)28-23(31)17-2-1-10-27-14-17/h1-8,10,12,14,19,22H,9,11,13H2,(H,28,31)(H,29,32). The number of hydrogen-bond donors (Lipinski definition) is 2. The van der Waals surface area contributed by atoms with Crippen LogP contribution in [0.1, 0.15) is 33.6 Å². The van der Waals surface area contributed by atoms with Gasteiger partial charge in [0.1, 0.15) is 6.04 Å². The SMILES string of the molecule is O=C(NC1CCN2C(=O)c3cc(-c4ccc(Cl)cc4)ccc3NC(=O)C2C1)c1cccnc1. The first-order chi connectivity index (χ1) is 16.0. The van der Waals surface area contributed by atoms with Gasteiger partial charge in [-0.2, -0.15) is 0 Å². The van der Waals surface area contributed by atoms with Gasteiger partial charge in [0.05, 0.1) is 16.8 Å². The second-order valence-electron chi connectivity index (χ2n) is 8.21. The van der Waals surface area contributed by atoms with Gasteiger partial charge < -0.3 is 15.5 Å². The van der Waals surface area contributed by atoms with Crippen LogP contribution in [-0.2, 0) is 4.79 Å². The first kappa shape index (κ1) is 21.2. The summed E-state index contributed by atoms with van der Waals surface area (Å²) in [6.45, 7) is 0.375. The van der Waals surface area contributed by atoms with Crippen LogP contribution in [0.25, 0.3) is 11.1 Å². The van der Waals surface area contributed by atoms with Crippen molar-refractivity contribution in [2.24, 2.45) is 0 Å². The number of nitrogens with zero attached hydrogens (tertiary/aromatic N) is 2. The Kier molecular flexibility index (Phi) is 5.56. The lowest BCUT2D eigenvalue weighted by molar-refractivity contribution is -0.121. The minimum absolute atomic E-state index is 0.193. The number of rotatable bonds is 3. The Hall–Kier alpha value is -3.71. The molecule has 1 saturated heterocycles. The fraction of sp³-hybridized carbons (Fsp3) is 0.200. The number of carbonyl (C=O) groups excluding carboxylic acids is 3. The van der Waals surface area contributed by atoms with Crippen LogP contribution in [0.5, 0.6) is 0 Å². The second kappa shape index (κ2) is 8.67. The van der Waals surface area contributed by atoms with Gasteiger partial charge in [0.2, 0.25) is 5.91 Å². The van der Waals surface area contributed by atoms with Gasteiger partial charge in [0.25, 0.3) is 11.8 Å². The first-order valence-electron chi connectivity index (χ1n) is 10.7. The first-order valence-corrected chi connectivity index (χ1v) is 11.1. The van der Waals surface area contributed by atoms with Crippen LogP contribution in [0.3, 0.4) is 0 Å². The molecule has 0 spiro atoms. The summed E-state index contributed by atoms with van der Waals surface area (Å²) < 4.78 is 0. The van der Waals surface area contributed by atoms with E-state index >= 15 is 0 Å². The van der Waals surface area contributed by atoms with Crippen molar-refractivity contribution in [3.8, 4) is 11.1 Å². The summed E-state index contributed by atoms with van der Waals surface area (Å²) in [5, 5.41) is 6.51. The largest absolute Gasteiger partial charge is 0.349 e. The minimum atomic E-state index is -0.656. The molecule has 3 aromatic rings. The summed E-state index contributed by atoms with van der Waals surface area (Å²) in [5.74, 6) is -0.680. The molecular weight excluding hydrogens is 440 g/mol. The maximum Gasteiger partial charge on any atom is 0.256 e. The van der Waals surface area contributed by atoms with Crippen LogP contribution in [0.15, 0.2) is 67.0 Å². The van der Waals surface area contributed by atoms with E-state index in [4.69, 9.17) is 11.6 Å². The van der Waals surface area contributed by atoms with E-state index in [1.165, 1.54) is 6.20 Å². The molecule has 1 aromatic heterocycles. The van der Waals surface area contributed by atoms with Crippen molar-refractivity contribution in [2.75, 3.05) is 11.9 Å². The van der Waals surface area contributed by atoms with Crippen molar-refractivity contribution in [1.29, 1.82) is 0 Å². The molecule has 33 heavy (non-hydrogen) atoms. The van der Waals surface area contributed by atoms with Gasteiger partial charge >= 0.3 is 0 Å². The Labute approximate surface area is 195 Å². The molecule has 5 rings (SSSR count). The number of carbonyl (C=O) groups is 3. The number of aromatic nitrogens is 1. The highest BCUT2D eigenvalue weighted by Gasteiger charge is 2.40. The molecule has 0 radical (unpaired) electrons. The molecular formula is C25H21ClN4O3. The lowest BCUT2D eigenvalue weighted by Crippen LogP contribution is -2.55. The van der Waals surface area contributed by atoms with Gasteiger partial charge in [0, 0.05) is 30.0 Å². The van der Waals surface area contributed by atoms with E-state index in [1.54, 1.807) is 47.5 Å². The Morgan fingerprint density at radius 2 is 1.88 bits per heavy atom. The second-order valence-corrected chi connectivity index (χ2v) is 8.64. The molecule has 166 valence electrons. The van der Waals surface area contributed by atoms with Gasteiger partial charge in [-0.05, 0) is 60.4 Å². The molecule has 2 N–H and O–H groups in total. The molecule has 3 heterocycles. The van der Waals surface area contributed by atoms with E-state index in [0.29, 0.717) is 41.2 Å². The summed E-state index contributed by atoms with van der Waals surface area (Å²) >= 11 is 5.99. The van der Waals surface area contributed by atoms with E-state index in [1.807, 2.05) is 18.2 Å². The zero-order valence-electron chi connectivity index (χ0n) is 17.6. The molecule has 3 amide bonds. The molecule has 7 nitrogen and oxygen atoms in total. The fourth-order valence-corrected chi connectivity index (χ4v) is 4.50. The zero-order chi connectivity index (χ0) is 22.9. The lowest BCUT2D eigenvalue weighted by Gasteiger charge is -2.37. The summed E-state index contributed by atoms with van der Waals surface area (Å²) in [6.07, 6.45) is 4.02. The monoisotopic (exact) mass is 460 g/mol. The molecule has 2 aliphatic heterocycles. The number of pyridine rings is 1. The third-order valence-electron chi connectivity index (χ3n) is 6.11. The summed E-state index contributed by atoms with van der Waals surface area (Å²) in [7, 11) is 0. The Balaban J connectivity index is 1.37. The van der Waals surface area contributed by atoms with Crippen LogP contribution in [0.2, 0.25) is 5.02 Å². The van der Waals surface area contributed by atoms with Crippen molar-refractivity contribution in [3.63, 3.8) is 0 Å². The lowest BCUT2D eigenvalue weighted by atomic mass is 9.95. The molecule has 2 unspecified atom stereocenters. The van der Waals surface area contributed by atoms with Crippen molar-refractivity contribution in [1.82, 2.24) is 15.2 Å². The summed E-state index contributed by atoms with van der Waals surface area (Å²) in [6, 6.07) is 15.3. The predicted octanol–water partition coefficient (Wildman–Crippen LogP) is 3.76. The maximum atomic E-state index is 13.4. The number of amides is 3. The van der Waals surface area contributed by atoms with Gasteiger partial charge in [-0.3, -0.25) is 19.4 Å². The zero-order valence-corrected chi connectivity index (χ0v) is 18.4. The van der Waals surface area contributed by atoms with Gasteiger partial charge in [-0.1, -0.05) is 29.8 Å². The van der Waals surface area contributed by atoms with E-state index in [0.717, 1.165) is 11.1 Å². The van der Waals surface area contributed by atoms with Gasteiger partial charge in [-0.25, -0.2) is 0 Å². The molecule has 8 heteroatoms. The number of halogens is 1. The van der Waals surface area contributed by atoms with Crippen LogP contribution < -0.4 is 10.6 Å². The molecule has 1 fully saturated rings. The number of benzene rings is 2. The molecule has 0 aliphatic carbocycles. The van der Waals surface area contributed by atoms with Gasteiger partial charge in [0.15, 0.2) is 0 Å². The Morgan fingerprint density at radius 3 is 2.64 bits per heavy atom. The highest BCUT2D eigenvalue weighted by atomic mass is 35.5. The highest BCUT2D eigenvalue weighted by Crippen LogP contribution is 2.32. The third-order valence-corrected chi connectivity index (χ3v) is 6.36. The normalized spacial score (nSPS) is 19.7. The molecule has 2 aliphatic rings. The van der Waals surface area contributed by atoms with Crippen molar-refractivity contribution in [3.05, 3.63) is 83.1 Å². The molecule has 2 atom stereocenters. The van der Waals surface area contributed by atoms with E-state index in [-0.39, 0.29) is 23.8 Å². The maximum absolute atomic E-state index is 13.4. The third kappa shape index (κ3) is 4.19. The van der Waals surface area contributed by atoms with Crippen molar-refractivity contribution >= 4 is 35.0 Å². The average Bonchev–Trinajstić information content (AvgIpc) is 2.94. The highest BCUT2D eigenvalue weighted by molar-refractivity contribution is 6.30. The smallest absolute Gasteiger partial charge is 0.256 e. The Bertz CT molecular complexity index is 1230. The van der Waals surface area contributed by atoms with Crippen LogP contribution >= 0.6 is 11.6 Å². The summed E-state index contributed by atoms with van der Waals surface area (Å²) in [4.78, 5) is 44.5. The van der Waals surface area contributed by atoms with Crippen molar-refractivity contribution < 1.29 is 14.4 Å². The summed E-state index contributed by atoms with van der Waals surface area (Å²) in [5.41, 5.74) is 3.21. The molecule has 0 saturated carbocycles. The number of nitrogens with one attached hydrogen (secondary N) is 2. The number of fused-ring (bicyclic) bond motifs is 2. The number of anilines is 1. The minimum Gasteiger partial charge on any atom is -0.349 e. The average molecular weight is 461 g/mol. The van der Waals surface area contributed by atoms with Crippen LogP contribution in [0, 0.1) is 0 Å². The number of piperidine rings is 1. The predicted molar refractivity (Wildman–Crippen MR) is 125 cm³/mol. The number of hydrogen-bond acceptors (Lipinski definition) is 4. The van der Waals surface area contributed by atoms with Crippen LogP contribution in [0.4, 0.5) is 5.69 Å². The van der Waals surface area contributed by atoms with E-state index in [2.05, 4.69) is 15.6 Å². The Morgan fingerprint density at radius 1 is 1.09 bits per heavy atom. The van der Waals surface area contributed by atoms with Crippen LogP contribution in [-0.4, -0.2) is 46.2 Å². The van der Waals surface area contributed by atoms with E-state index in [9.17, 15) is 14.4 Å².